The molecule has 0 heterocycles. The van der Waals surface area contributed by atoms with Crippen LogP contribution < -0.4 is 0 Å². The van der Waals surface area contributed by atoms with E-state index in [4.69, 9.17) is 4.74 Å². The topological polar surface area (TPSA) is 80.7 Å². The molecule has 0 bridgehead atoms. The molecule has 0 radical (unpaired) electrons. The van der Waals surface area contributed by atoms with Gasteiger partial charge in [0.05, 0.1) is 0 Å². The van der Waals surface area contributed by atoms with Crippen LogP contribution in [0, 0.1) is 5.41 Å². The van der Waals surface area contributed by atoms with Crippen molar-refractivity contribution in [1.29, 1.82) is 0 Å². The third-order valence-electron chi connectivity index (χ3n) is 2.89. The molecule has 0 fully saturated rings. The molecule has 0 saturated carbocycles. The van der Waals surface area contributed by atoms with E-state index in [2.05, 4.69) is 6.58 Å². The standard InChI is InChI=1S/C12H18O5/c1-6-12(8(4)13,11(15)16)9(5)17-10(14)7(2)3/h9H,2,6H2,1,3-5H3,(H,15,16). The molecule has 0 aromatic carbocycles. The van der Waals surface area contributed by atoms with Gasteiger partial charge in [-0.15, -0.1) is 0 Å². The summed E-state index contributed by atoms with van der Waals surface area (Å²) in [7, 11) is 0. The van der Waals surface area contributed by atoms with Crippen LogP contribution in [-0.4, -0.2) is 28.9 Å². The highest BCUT2D eigenvalue weighted by molar-refractivity contribution is 6.03. The summed E-state index contributed by atoms with van der Waals surface area (Å²) < 4.78 is 4.95. The van der Waals surface area contributed by atoms with Crippen LogP contribution >= 0.6 is 0 Å². The van der Waals surface area contributed by atoms with Crippen molar-refractivity contribution in [2.45, 2.75) is 40.2 Å². The fraction of sp³-hybridized carbons (Fsp3) is 0.583. The second-order valence-electron chi connectivity index (χ2n) is 4.01. The number of ketones is 1. The van der Waals surface area contributed by atoms with Crippen LogP contribution in [0.5, 0.6) is 0 Å². The average Bonchev–Trinajstić information content (AvgIpc) is 2.17. The van der Waals surface area contributed by atoms with Gasteiger partial charge in [-0.2, -0.15) is 0 Å². The van der Waals surface area contributed by atoms with Gasteiger partial charge >= 0.3 is 11.9 Å². The zero-order chi connectivity index (χ0) is 13.8. The number of hydrogen-bond donors (Lipinski definition) is 1. The summed E-state index contributed by atoms with van der Waals surface area (Å²) >= 11 is 0. The van der Waals surface area contributed by atoms with Gasteiger partial charge in [-0.3, -0.25) is 9.59 Å². The van der Waals surface area contributed by atoms with Crippen LogP contribution in [0.4, 0.5) is 0 Å². The van der Waals surface area contributed by atoms with Gasteiger partial charge in [0.1, 0.15) is 6.10 Å². The largest absolute Gasteiger partial charge is 0.480 e. The Morgan fingerprint density at radius 3 is 2.06 bits per heavy atom. The number of carboxylic acid groups (broad SMARTS) is 1. The van der Waals surface area contributed by atoms with Crippen molar-refractivity contribution >= 4 is 17.7 Å². The van der Waals surface area contributed by atoms with Crippen molar-refractivity contribution in [1.82, 2.24) is 0 Å². The number of hydrogen-bond acceptors (Lipinski definition) is 4. The predicted molar refractivity (Wildman–Crippen MR) is 61.4 cm³/mol. The Morgan fingerprint density at radius 1 is 1.35 bits per heavy atom. The zero-order valence-electron chi connectivity index (χ0n) is 10.6. The first-order valence-corrected chi connectivity index (χ1v) is 5.31. The van der Waals surface area contributed by atoms with Crippen molar-refractivity contribution in [2.24, 2.45) is 5.41 Å². The third-order valence-corrected chi connectivity index (χ3v) is 2.89. The number of esters is 1. The van der Waals surface area contributed by atoms with E-state index in [0.717, 1.165) is 0 Å². The van der Waals surface area contributed by atoms with E-state index in [1.807, 2.05) is 0 Å². The molecule has 0 spiro atoms. The minimum atomic E-state index is -1.69. The molecule has 0 aliphatic heterocycles. The minimum Gasteiger partial charge on any atom is -0.480 e. The average molecular weight is 242 g/mol. The van der Waals surface area contributed by atoms with Crippen LogP contribution in [0.15, 0.2) is 12.2 Å². The van der Waals surface area contributed by atoms with Gasteiger partial charge in [0.2, 0.25) is 0 Å². The molecule has 0 rings (SSSR count). The van der Waals surface area contributed by atoms with Crippen LogP contribution in [0.1, 0.15) is 34.1 Å². The van der Waals surface area contributed by atoms with E-state index in [1.54, 1.807) is 6.92 Å². The number of rotatable bonds is 6. The molecule has 0 aromatic heterocycles. The quantitative estimate of drug-likeness (QED) is 0.434. The van der Waals surface area contributed by atoms with Crippen molar-refractivity contribution in [3.8, 4) is 0 Å². The van der Waals surface area contributed by atoms with Crippen molar-refractivity contribution in [3.05, 3.63) is 12.2 Å². The molecular weight excluding hydrogens is 224 g/mol. The molecule has 5 nitrogen and oxygen atoms in total. The maximum atomic E-state index is 11.5. The molecule has 0 aromatic rings. The Labute approximate surface area is 100 Å². The molecule has 0 amide bonds. The highest BCUT2D eigenvalue weighted by Crippen LogP contribution is 2.31. The molecular formula is C12H18O5. The lowest BCUT2D eigenvalue weighted by atomic mass is 9.76. The number of ether oxygens (including phenoxy) is 1. The maximum Gasteiger partial charge on any atom is 0.333 e. The Morgan fingerprint density at radius 2 is 1.82 bits per heavy atom. The Hall–Kier alpha value is -1.65. The molecule has 5 heteroatoms. The minimum absolute atomic E-state index is 0.0578. The van der Waals surface area contributed by atoms with Crippen LogP contribution in [-0.2, 0) is 19.1 Å². The summed E-state index contributed by atoms with van der Waals surface area (Å²) in [4.78, 5) is 34.1. The van der Waals surface area contributed by atoms with Crippen LogP contribution in [0.25, 0.3) is 0 Å². The van der Waals surface area contributed by atoms with E-state index in [9.17, 15) is 19.5 Å². The molecule has 0 aliphatic rings. The zero-order valence-corrected chi connectivity index (χ0v) is 10.6. The lowest BCUT2D eigenvalue weighted by Crippen LogP contribution is -2.48. The molecule has 17 heavy (non-hydrogen) atoms. The summed E-state index contributed by atoms with van der Waals surface area (Å²) in [5.74, 6) is -2.51. The van der Waals surface area contributed by atoms with Crippen molar-refractivity contribution < 1.29 is 24.2 Å². The SMILES string of the molecule is C=C(C)C(=O)OC(C)C(CC)(C(C)=O)C(=O)O. The normalized spacial score (nSPS) is 15.5. The van der Waals surface area contributed by atoms with Crippen molar-refractivity contribution in [3.63, 3.8) is 0 Å². The monoisotopic (exact) mass is 242 g/mol. The fourth-order valence-corrected chi connectivity index (χ4v) is 1.66. The van der Waals surface area contributed by atoms with Crippen LogP contribution in [0.3, 0.4) is 0 Å². The summed E-state index contributed by atoms with van der Waals surface area (Å²) in [6.45, 7) is 9.01. The highest BCUT2D eigenvalue weighted by atomic mass is 16.5. The van der Waals surface area contributed by atoms with E-state index in [1.165, 1.54) is 20.8 Å². The van der Waals surface area contributed by atoms with E-state index < -0.39 is 29.2 Å². The van der Waals surface area contributed by atoms with E-state index in [0.29, 0.717) is 0 Å². The summed E-state index contributed by atoms with van der Waals surface area (Å²) in [5.41, 5.74) is -1.53. The first-order valence-electron chi connectivity index (χ1n) is 5.31. The number of carbonyl (C=O) groups excluding carboxylic acids is 2. The van der Waals surface area contributed by atoms with Crippen LogP contribution in [0.2, 0.25) is 0 Å². The molecule has 1 N–H and O–H groups in total. The number of carbonyl (C=O) groups is 3. The maximum absolute atomic E-state index is 11.5. The van der Waals surface area contributed by atoms with Gasteiger partial charge in [-0.25, -0.2) is 4.79 Å². The summed E-state index contributed by atoms with van der Waals surface area (Å²) in [5, 5.41) is 9.18. The van der Waals surface area contributed by atoms with Gasteiger partial charge in [-0.05, 0) is 27.2 Å². The first kappa shape index (κ1) is 15.3. The highest BCUT2D eigenvalue weighted by Gasteiger charge is 2.49. The Balaban J connectivity index is 5.21. The van der Waals surface area contributed by atoms with Gasteiger partial charge in [0.25, 0.3) is 0 Å². The Kier molecular flexibility index (Phi) is 5.07. The smallest absolute Gasteiger partial charge is 0.333 e. The molecule has 2 unspecified atom stereocenters. The lowest BCUT2D eigenvalue weighted by Gasteiger charge is -2.31. The fourth-order valence-electron chi connectivity index (χ4n) is 1.66. The van der Waals surface area contributed by atoms with E-state index in [-0.39, 0.29) is 12.0 Å². The molecule has 0 aliphatic carbocycles. The number of aliphatic carboxylic acids is 1. The van der Waals surface area contributed by atoms with E-state index >= 15 is 0 Å². The Bertz CT molecular complexity index is 342. The molecule has 96 valence electrons. The van der Waals surface area contributed by atoms with Gasteiger partial charge < -0.3 is 9.84 Å². The van der Waals surface area contributed by atoms with Gasteiger partial charge in [-0.1, -0.05) is 13.5 Å². The predicted octanol–water partition coefficient (Wildman–Crippen LogP) is 1.56. The second kappa shape index (κ2) is 5.61. The summed E-state index contributed by atoms with van der Waals surface area (Å²) in [6.07, 6.45) is -0.978. The molecule has 0 saturated heterocycles. The lowest BCUT2D eigenvalue weighted by molar-refractivity contribution is -0.169. The molecule has 2 atom stereocenters. The summed E-state index contributed by atoms with van der Waals surface area (Å²) in [6, 6.07) is 0. The number of carboxylic acids is 1. The third kappa shape index (κ3) is 2.93. The van der Waals surface area contributed by atoms with Gasteiger partial charge in [0.15, 0.2) is 11.2 Å². The number of Topliss-reactive ketones (excluding diaryl/α,β-unsaturated/α-hetero) is 1. The second-order valence-corrected chi connectivity index (χ2v) is 4.01. The first-order chi connectivity index (χ1) is 7.70. The van der Waals surface area contributed by atoms with Gasteiger partial charge in [0, 0.05) is 5.57 Å². The van der Waals surface area contributed by atoms with Crippen molar-refractivity contribution in [2.75, 3.05) is 0 Å².